The molecule has 3 fully saturated rings. The zero-order chi connectivity index (χ0) is 19.2. The summed E-state index contributed by atoms with van der Waals surface area (Å²) in [5.74, 6) is -4.24. The lowest BCUT2D eigenvalue weighted by Crippen LogP contribution is -2.63. The van der Waals surface area contributed by atoms with Crippen LogP contribution in [0.3, 0.4) is 0 Å². The van der Waals surface area contributed by atoms with Gasteiger partial charge in [-0.2, -0.15) is 0 Å². The smallest absolute Gasteiger partial charge is 0.253 e. The number of likely N-dealkylation sites (tertiary alicyclic amines) is 1. The molecule has 2 amide bonds. The molecular formula is C19H21F3N2O3. The Morgan fingerprint density at radius 1 is 1.15 bits per heavy atom. The summed E-state index contributed by atoms with van der Waals surface area (Å²) < 4.78 is 45.2. The molecule has 0 aromatic heterocycles. The fourth-order valence-corrected chi connectivity index (χ4v) is 4.20. The number of piperidine rings is 1. The monoisotopic (exact) mass is 382 g/mol. The third-order valence-corrected chi connectivity index (χ3v) is 5.68. The van der Waals surface area contributed by atoms with Crippen LogP contribution >= 0.6 is 0 Å². The van der Waals surface area contributed by atoms with Gasteiger partial charge in [0.05, 0.1) is 13.1 Å². The predicted octanol–water partition coefficient (Wildman–Crippen LogP) is 2.60. The molecular weight excluding hydrogens is 361 g/mol. The summed E-state index contributed by atoms with van der Waals surface area (Å²) in [6, 6.07) is 5.65. The van der Waals surface area contributed by atoms with Crippen molar-refractivity contribution in [2.75, 3.05) is 31.1 Å². The van der Waals surface area contributed by atoms with E-state index < -0.39 is 30.3 Å². The number of anilines is 1. The second-order valence-electron chi connectivity index (χ2n) is 7.75. The maximum absolute atomic E-state index is 13.2. The van der Waals surface area contributed by atoms with Crippen LogP contribution in [-0.4, -0.2) is 54.5 Å². The molecule has 146 valence electrons. The van der Waals surface area contributed by atoms with E-state index in [1.54, 1.807) is 9.80 Å². The molecule has 1 aromatic carbocycles. The number of ether oxygens (including phenoxy) is 1. The molecule has 5 nitrogen and oxygen atoms in total. The summed E-state index contributed by atoms with van der Waals surface area (Å²) in [4.78, 5) is 28.0. The molecule has 1 aliphatic carbocycles. The van der Waals surface area contributed by atoms with Crippen molar-refractivity contribution in [1.82, 2.24) is 4.90 Å². The van der Waals surface area contributed by atoms with Crippen molar-refractivity contribution in [3.8, 4) is 0 Å². The first kappa shape index (κ1) is 18.3. The number of benzene rings is 1. The molecule has 8 heteroatoms. The molecule has 0 bridgehead atoms. The van der Waals surface area contributed by atoms with Crippen molar-refractivity contribution in [3.05, 3.63) is 30.1 Å². The van der Waals surface area contributed by atoms with Gasteiger partial charge in [0.1, 0.15) is 18.0 Å². The average Bonchev–Trinajstić information content (AvgIpc) is 2.62. The summed E-state index contributed by atoms with van der Waals surface area (Å²) in [5.41, 5.74) is -0.145. The summed E-state index contributed by atoms with van der Waals surface area (Å²) in [7, 11) is 0. The van der Waals surface area contributed by atoms with Gasteiger partial charge in [-0.3, -0.25) is 9.59 Å². The van der Waals surface area contributed by atoms with E-state index in [1.165, 1.54) is 24.3 Å². The SMILES string of the molecule is O=C(C1CC(F)(F)C1)N1CCCC2(C1)CN(c1ccc(F)cc1)C(=O)CO2. The Kier molecular flexibility index (Phi) is 4.41. The van der Waals surface area contributed by atoms with Crippen LogP contribution in [0.25, 0.3) is 0 Å². The lowest BCUT2D eigenvalue weighted by atomic mass is 9.79. The number of carbonyl (C=O) groups excluding carboxylic acids is 2. The second kappa shape index (κ2) is 6.51. The minimum Gasteiger partial charge on any atom is -0.361 e. The van der Waals surface area contributed by atoms with Crippen molar-refractivity contribution in [2.45, 2.75) is 37.2 Å². The molecule has 4 rings (SSSR count). The Labute approximate surface area is 155 Å². The Hall–Kier alpha value is -2.09. The molecule has 2 saturated heterocycles. The summed E-state index contributed by atoms with van der Waals surface area (Å²) in [5, 5.41) is 0. The molecule has 1 aromatic rings. The topological polar surface area (TPSA) is 49.9 Å². The normalized spacial score (nSPS) is 28.3. The zero-order valence-electron chi connectivity index (χ0n) is 14.8. The molecule has 1 unspecified atom stereocenters. The highest BCUT2D eigenvalue weighted by Crippen LogP contribution is 2.44. The number of amides is 2. The van der Waals surface area contributed by atoms with E-state index in [0.29, 0.717) is 25.1 Å². The minimum atomic E-state index is -2.74. The molecule has 1 atom stereocenters. The van der Waals surface area contributed by atoms with E-state index in [-0.39, 0.29) is 37.3 Å². The van der Waals surface area contributed by atoms with Crippen LogP contribution in [0.1, 0.15) is 25.7 Å². The summed E-state index contributed by atoms with van der Waals surface area (Å²) in [6.45, 7) is 0.915. The van der Waals surface area contributed by atoms with Crippen LogP contribution in [0, 0.1) is 11.7 Å². The third-order valence-electron chi connectivity index (χ3n) is 5.68. The molecule has 27 heavy (non-hydrogen) atoms. The number of hydrogen-bond acceptors (Lipinski definition) is 3. The summed E-state index contributed by atoms with van der Waals surface area (Å²) in [6.07, 6.45) is 0.565. The van der Waals surface area contributed by atoms with Gasteiger partial charge < -0.3 is 14.5 Å². The first-order valence-corrected chi connectivity index (χ1v) is 9.14. The number of hydrogen-bond donors (Lipinski definition) is 0. The van der Waals surface area contributed by atoms with Crippen molar-refractivity contribution < 1.29 is 27.5 Å². The number of carbonyl (C=O) groups is 2. The van der Waals surface area contributed by atoms with E-state index in [2.05, 4.69) is 0 Å². The van der Waals surface area contributed by atoms with E-state index in [1.807, 2.05) is 0 Å². The van der Waals surface area contributed by atoms with Gasteiger partial charge in [0.2, 0.25) is 11.8 Å². The number of alkyl halides is 2. The largest absolute Gasteiger partial charge is 0.361 e. The highest BCUT2D eigenvalue weighted by atomic mass is 19.3. The van der Waals surface area contributed by atoms with Gasteiger partial charge in [-0.1, -0.05) is 0 Å². The number of nitrogens with zero attached hydrogens (tertiary/aromatic N) is 2. The molecule has 1 spiro atoms. The van der Waals surface area contributed by atoms with Crippen LogP contribution in [-0.2, 0) is 14.3 Å². The maximum atomic E-state index is 13.2. The third kappa shape index (κ3) is 3.54. The van der Waals surface area contributed by atoms with Crippen molar-refractivity contribution in [1.29, 1.82) is 0 Å². The van der Waals surface area contributed by atoms with Gasteiger partial charge in [-0.05, 0) is 37.1 Å². The standard InChI is InChI=1S/C19H21F3N2O3/c20-14-2-4-15(5-3-14)24-12-18(27-10-16(24)25)6-1-7-23(11-18)17(26)13-8-19(21,22)9-13/h2-5,13H,1,6-12H2. The van der Waals surface area contributed by atoms with Crippen molar-refractivity contribution >= 4 is 17.5 Å². The Bertz CT molecular complexity index is 747. The van der Waals surface area contributed by atoms with Crippen LogP contribution in [0.2, 0.25) is 0 Å². The zero-order valence-corrected chi connectivity index (χ0v) is 14.8. The quantitative estimate of drug-likeness (QED) is 0.790. The maximum Gasteiger partial charge on any atom is 0.253 e. The minimum absolute atomic E-state index is 0.124. The number of morpholine rings is 1. The van der Waals surface area contributed by atoms with Gasteiger partial charge in [-0.15, -0.1) is 0 Å². The molecule has 0 N–H and O–H groups in total. The highest BCUT2D eigenvalue weighted by molar-refractivity contribution is 5.95. The first-order chi connectivity index (χ1) is 12.8. The van der Waals surface area contributed by atoms with Gasteiger partial charge in [0.15, 0.2) is 0 Å². The molecule has 0 radical (unpaired) electrons. The van der Waals surface area contributed by atoms with Crippen LogP contribution in [0.15, 0.2) is 24.3 Å². The lowest BCUT2D eigenvalue weighted by Gasteiger charge is -2.49. The van der Waals surface area contributed by atoms with E-state index in [0.717, 1.165) is 0 Å². The Balaban J connectivity index is 1.48. The fourth-order valence-electron chi connectivity index (χ4n) is 4.20. The molecule has 3 aliphatic rings. The molecule has 1 saturated carbocycles. The van der Waals surface area contributed by atoms with Gasteiger partial charge in [0, 0.05) is 31.0 Å². The van der Waals surface area contributed by atoms with E-state index in [9.17, 15) is 22.8 Å². The van der Waals surface area contributed by atoms with Gasteiger partial charge in [0.25, 0.3) is 5.91 Å². The second-order valence-corrected chi connectivity index (χ2v) is 7.75. The van der Waals surface area contributed by atoms with E-state index in [4.69, 9.17) is 4.74 Å². The Morgan fingerprint density at radius 3 is 2.52 bits per heavy atom. The van der Waals surface area contributed by atoms with Crippen molar-refractivity contribution in [2.24, 2.45) is 5.92 Å². The van der Waals surface area contributed by atoms with Crippen LogP contribution in [0.4, 0.5) is 18.9 Å². The van der Waals surface area contributed by atoms with Gasteiger partial charge in [-0.25, -0.2) is 13.2 Å². The van der Waals surface area contributed by atoms with E-state index >= 15 is 0 Å². The predicted molar refractivity (Wildman–Crippen MR) is 90.9 cm³/mol. The highest BCUT2D eigenvalue weighted by Gasteiger charge is 2.52. The van der Waals surface area contributed by atoms with Crippen LogP contribution < -0.4 is 4.90 Å². The average molecular weight is 382 g/mol. The lowest BCUT2D eigenvalue weighted by molar-refractivity contribution is -0.170. The van der Waals surface area contributed by atoms with Crippen molar-refractivity contribution in [3.63, 3.8) is 0 Å². The summed E-state index contributed by atoms with van der Waals surface area (Å²) >= 11 is 0. The number of rotatable bonds is 2. The number of halogens is 3. The van der Waals surface area contributed by atoms with Crippen LogP contribution in [0.5, 0.6) is 0 Å². The Morgan fingerprint density at radius 2 is 1.85 bits per heavy atom. The molecule has 2 heterocycles. The molecule has 2 aliphatic heterocycles. The van der Waals surface area contributed by atoms with Gasteiger partial charge >= 0.3 is 0 Å². The fraction of sp³-hybridized carbons (Fsp3) is 0.579. The first-order valence-electron chi connectivity index (χ1n) is 9.14.